The first kappa shape index (κ1) is 38.3. The fourth-order valence-corrected chi connectivity index (χ4v) is 10.2. The van der Waals surface area contributed by atoms with Crippen molar-refractivity contribution in [1.29, 1.82) is 5.26 Å². The molecule has 290 valence electrons. The number of rotatable bonds is 13. The molecule has 4 aliphatic rings. The summed E-state index contributed by atoms with van der Waals surface area (Å²) in [5.74, 6) is 1.85. The molecule has 14 heteroatoms. The Morgan fingerprint density at radius 1 is 1.13 bits per heavy atom. The fraction of sp³-hybridized carbons (Fsp3) is 0.439. The summed E-state index contributed by atoms with van der Waals surface area (Å²) in [4.78, 5) is 29.2. The lowest BCUT2D eigenvalue weighted by Gasteiger charge is -2.61. The third kappa shape index (κ3) is 6.73. The predicted octanol–water partition coefficient (Wildman–Crippen LogP) is 5.55. The van der Waals surface area contributed by atoms with Crippen LogP contribution in [0.3, 0.4) is 0 Å². The Hall–Kier alpha value is -4.94. The van der Waals surface area contributed by atoms with Gasteiger partial charge in [0.25, 0.3) is 6.47 Å². The van der Waals surface area contributed by atoms with Gasteiger partial charge in [-0.05, 0) is 57.0 Å². The van der Waals surface area contributed by atoms with Crippen LogP contribution in [0.1, 0.15) is 63.2 Å². The van der Waals surface area contributed by atoms with Gasteiger partial charge in [-0.3, -0.25) is 14.6 Å². The zero-order valence-electron chi connectivity index (χ0n) is 31.6. The van der Waals surface area contributed by atoms with Crippen LogP contribution < -0.4 is 18.9 Å². The Balaban J connectivity index is 1.38. The summed E-state index contributed by atoms with van der Waals surface area (Å²) in [5, 5.41) is 22.7. The second-order valence-corrected chi connectivity index (χ2v) is 15.3. The fourth-order valence-electron chi connectivity index (χ4n) is 8.78. The first-order valence-electron chi connectivity index (χ1n) is 18.1. The summed E-state index contributed by atoms with van der Waals surface area (Å²) in [7, 11) is 5.17. The van der Waals surface area contributed by atoms with E-state index >= 15 is 0 Å². The molecule has 0 amide bonds. The normalized spacial score (nSPS) is 24.2. The Bertz CT molecular complexity index is 2020. The number of phenolic OH excluding ortho intramolecular Hbond substituents is 1. The molecule has 13 nitrogen and oxygen atoms in total. The number of phenols is 1. The van der Waals surface area contributed by atoms with Crippen molar-refractivity contribution >= 4 is 30.3 Å². The molecule has 0 aromatic heterocycles. The van der Waals surface area contributed by atoms with Crippen LogP contribution in [0.5, 0.6) is 28.7 Å². The summed E-state index contributed by atoms with van der Waals surface area (Å²) in [6.45, 7) is 5.77. The zero-order valence-corrected chi connectivity index (χ0v) is 32.5. The maximum Gasteiger partial charge on any atom is 0.331 e. The molecule has 4 heterocycles. The van der Waals surface area contributed by atoms with Crippen LogP contribution in [-0.4, -0.2) is 98.8 Å². The van der Waals surface area contributed by atoms with E-state index in [1.807, 2.05) is 51.2 Å². The first-order chi connectivity index (χ1) is 26.6. The molecule has 1 N–H and O–H groups in total. The number of hydrogen-bond donors (Lipinski definition) is 1. The van der Waals surface area contributed by atoms with Gasteiger partial charge in [-0.2, -0.15) is 5.26 Å². The predicted molar refractivity (Wildman–Crippen MR) is 203 cm³/mol. The number of piperazine rings is 1. The van der Waals surface area contributed by atoms with Gasteiger partial charge in [-0.1, -0.05) is 36.4 Å². The number of thioether (sulfide) groups is 1. The van der Waals surface area contributed by atoms with Crippen molar-refractivity contribution < 1.29 is 47.9 Å². The number of methoxy groups -OCH3 is 2. The number of carbonyl (C=O) groups excluding carboxylic acids is 2. The molecule has 55 heavy (non-hydrogen) atoms. The molecule has 1 saturated heterocycles. The molecular weight excluding hydrogens is 727 g/mol. The lowest BCUT2D eigenvalue weighted by atomic mass is 9.71. The van der Waals surface area contributed by atoms with Crippen LogP contribution in [0, 0.1) is 25.2 Å². The molecule has 7 atom stereocenters. The smallest absolute Gasteiger partial charge is 0.331 e. The number of esters is 1. The van der Waals surface area contributed by atoms with Crippen molar-refractivity contribution in [3.63, 3.8) is 0 Å². The molecule has 7 rings (SSSR count). The van der Waals surface area contributed by atoms with E-state index in [1.165, 1.54) is 17.8 Å². The van der Waals surface area contributed by atoms with E-state index in [0.29, 0.717) is 58.3 Å². The van der Waals surface area contributed by atoms with Crippen molar-refractivity contribution in [2.45, 2.75) is 68.8 Å². The highest BCUT2D eigenvalue weighted by molar-refractivity contribution is 7.99. The number of likely N-dealkylation sites (N-methyl/N-ethyl adjacent to an activating group) is 1. The number of fused-ring (bicyclic) bond motifs is 9. The third-order valence-electron chi connectivity index (χ3n) is 11.0. The van der Waals surface area contributed by atoms with Gasteiger partial charge in [0.2, 0.25) is 6.79 Å². The van der Waals surface area contributed by atoms with E-state index in [0.717, 1.165) is 22.3 Å². The minimum absolute atomic E-state index is 0.0228. The van der Waals surface area contributed by atoms with Gasteiger partial charge in [0.15, 0.2) is 29.8 Å². The maximum atomic E-state index is 13.0. The Kier molecular flexibility index (Phi) is 11.2. The monoisotopic (exact) mass is 771 g/mol. The number of benzene rings is 3. The average Bonchev–Trinajstić information content (AvgIpc) is 3.67. The highest BCUT2D eigenvalue weighted by Crippen LogP contribution is 2.63. The zero-order chi connectivity index (χ0) is 39.0. The number of nitrogens with zero attached hydrogens (tertiary/aromatic N) is 3. The van der Waals surface area contributed by atoms with Crippen LogP contribution in [0.25, 0.3) is 6.08 Å². The lowest BCUT2D eigenvalue weighted by molar-refractivity contribution is -0.141. The number of hydrogen-bond acceptors (Lipinski definition) is 14. The van der Waals surface area contributed by atoms with Crippen LogP contribution in [0.4, 0.5) is 0 Å². The van der Waals surface area contributed by atoms with Crippen LogP contribution >= 0.6 is 11.8 Å². The lowest BCUT2D eigenvalue weighted by Crippen LogP contribution is -2.69. The van der Waals surface area contributed by atoms with Gasteiger partial charge in [0.05, 0.1) is 30.5 Å². The molecule has 0 spiro atoms. The minimum Gasteiger partial charge on any atom is -0.507 e. The largest absolute Gasteiger partial charge is 0.507 e. The molecule has 0 aliphatic carbocycles. The highest BCUT2D eigenvalue weighted by atomic mass is 32.2. The van der Waals surface area contributed by atoms with Crippen LogP contribution in [0.15, 0.2) is 42.5 Å². The van der Waals surface area contributed by atoms with E-state index in [-0.39, 0.29) is 32.0 Å². The van der Waals surface area contributed by atoms with Crippen molar-refractivity contribution in [3.8, 4) is 34.8 Å². The topological polar surface area (TPSA) is 149 Å². The summed E-state index contributed by atoms with van der Waals surface area (Å²) >= 11 is 1.51. The average molecular weight is 772 g/mol. The molecule has 3 aromatic carbocycles. The molecule has 1 fully saturated rings. The van der Waals surface area contributed by atoms with E-state index < -0.39 is 41.5 Å². The SMILES string of the molecule is COCOc1c(OC)c(C)cc2c1[C@H]1C3[C@H](SC[C@@H](C)OC(=O)/C=C/c4ccccc4)c4c(O)c(C)c5c(c4[C@H](COC=O)N3[C@@H](C#N)[C@H](C2)N1C)OCO5. The second-order valence-electron chi connectivity index (χ2n) is 14.1. The molecular formula is C41H45N3O10S. The van der Waals surface area contributed by atoms with Gasteiger partial charge in [-0.25, -0.2) is 4.79 Å². The van der Waals surface area contributed by atoms with Gasteiger partial charge in [0.1, 0.15) is 24.5 Å². The summed E-state index contributed by atoms with van der Waals surface area (Å²) in [5.41, 5.74) is 5.36. The Morgan fingerprint density at radius 2 is 1.89 bits per heavy atom. The molecule has 0 saturated carbocycles. The van der Waals surface area contributed by atoms with E-state index in [9.17, 15) is 20.0 Å². The first-order valence-corrected chi connectivity index (χ1v) is 19.2. The number of ether oxygens (including phenoxy) is 7. The van der Waals surface area contributed by atoms with Crippen molar-refractivity contribution in [3.05, 3.63) is 81.4 Å². The number of aromatic hydroxyl groups is 1. The summed E-state index contributed by atoms with van der Waals surface area (Å²) in [6.07, 6.45) is 3.11. The van der Waals surface area contributed by atoms with Gasteiger partial charge >= 0.3 is 5.97 Å². The molecule has 0 radical (unpaired) electrons. The highest BCUT2D eigenvalue weighted by Gasteiger charge is 2.60. The molecule has 3 aromatic rings. The maximum absolute atomic E-state index is 13.0. The van der Waals surface area contributed by atoms with Crippen molar-refractivity contribution in [2.24, 2.45) is 0 Å². The summed E-state index contributed by atoms with van der Waals surface area (Å²) in [6, 6.07) is 11.6. The standard InChI is InChI=1S/C41H45N3O10S/c1-22-14-26-15-27-28(16-42)44-29(17-50-19-45)32-33(36(47)24(3)38-40(32)53-21-52-38)41(55-18-23(2)54-30(46)13-12-25-10-8-7-9-11-25)35(44)34(43(27)4)31(26)39(37(22)49-6)51-20-48-5/h7-14,19,23,27-29,34-35,41,47H,15,17-18,20-21H2,1-6H3/b13-12+/t23-,27+,28+,29+,34+,35?,41-/m1/s1. The second kappa shape index (κ2) is 16.0. The van der Waals surface area contributed by atoms with Crippen LogP contribution in [0.2, 0.25) is 0 Å². The van der Waals surface area contributed by atoms with Crippen LogP contribution in [-0.2, 0) is 30.2 Å². The van der Waals surface area contributed by atoms with E-state index in [4.69, 9.17) is 33.2 Å². The number of carbonyl (C=O) groups is 2. The molecule has 2 bridgehead atoms. The summed E-state index contributed by atoms with van der Waals surface area (Å²) < 4.78 is 41.1. The van der Waals surface area contributed by atoms with E-state index in [1.54, 1.807) is 27.2 Å². The minimum atomic E-state index is -0.692. The van der Waals surface area contributed by atoms with Gasteiger partial charge in [-0.15, -0.1) is 11.8 Å². The number of nitriles is 1. The van der Waals surface area contributed by atoms with Gasteiger partial charge in [0, 0.05) is 53.3 Å². The van der Waals surface area contributed by atoms with Crippen molar-refractivity contribution in [2.75, 3.05) is 47.2 Å². The quantitative estimate of drug-likeness (QED) is 0.100. The number of aryl methyl sites for hydroxylation is 1. The Morgan fingerprint density at radius 3 is 2.60 bits per heavy atom. The van der Waals surface area contributed by atoms with E-state index in [2.05, 4.69) is 21.9 Å². The molecule has 4 aliphatic heterocycles. The molecule has 1 unspecified atom stereocenters. The van der Waals surface area contributed by atoms with Crippen molar-refractivity contribution in [1.82, 2.24) is 9.80 Å². The van der Waals surface area contributed by atoms with Gasteiger partial charge < -0.3 is 38.3 Å². The Labute approximate surface area is 324 Å². The third-order valence-corrected chi connectivity index (χ3v) is 12.5.